The second-order valence-corrected chi connectivity index (χ2v) is 8.05. The van der Waals surface area contributed by atoms with E-state index < -0.39 is 10.0 Å². The van der Waals surface area contributed by atoms with Gasteiger partial charge in [0.2, 0.25) is 5.89 Å². The van der Waals surface area contributed by atoms with Crippen LogP contribution in [0.1, 0.15) is 0 Å². The van der Waals surface area contributed by atoms with Gasteiger partial charge in [-0.2, -0.15) is 0 Å². The molecule has 1 heterocycles. The quantitative estimate of drug-likeness (QED) is 0.499. The largest absolute Gasteiger partial charge is 0.495 e. The summed E-state index contributed by atoms with van der Waals surface area (Å²) in [6.07, 6.45) is 0. The molecule has 8 heteroatoms. The molecule has 0 saturated carbocycles. The van der Waals surface area contributed by atoms with Gasteiger partial charge < -0.3 is 9.15 Å². The van der Waals surface area contributed by atoms with Crippen molar-refractivity contribution < 1.29 is 17.6 Å². The molecule has 6 nitrogen and oxygen atoms in total. The van der Waals surface area contributed by atoms with Gasteiger partial charge in [0, 0.05) is 16.3 Å². The van der Waals surface area contributed by atoms with E-state index in [9.17, 15) is 8.42 Å². The number of benzene rings is 3. The molecule has 1 N–H and O–H groups in total. The number of oxazole rings is 1. The van der Waals surface area contributed by atoms with Crippen LogP contribution in [0.25, 0.3) is 22.6 Å². The number of ether oxygens (including phenoxy) is 1. The minimum atomic E-state index is -3.88. The first-order valence-corrected chi connectivity index (χ1v) is 10.1. The van der Waals surface area contributed by atoms with E-state index in [0.717, 1.165) is 11.1 Å². The summed E-state index contributed by atoms with van der Waals surface area (Å²) in [5.74, 6) is 0.673. The topological polar surface area (TPSA) is 81.4 Å². The lowest BCUT2D eigenvalue weighted by Gasteiger charge is -2.12. The Hall–Kier alpha value is -3.03. The number of nitrogens with one attached hydrogen (secondary N) is 1. The van der Waals surface area contributed by atoms with Crippen LogP contribution in [-0.2, 0) is 10.0 Å². The fourth-order valence-electron chi connectivity index (χ4n) is 2.75. The van der Waals surface area contributed by atoms with Crippen molar-refractivity contribution >= 4 is 38.4 Å². The smallest absolute Gasteiger partial charge is 0.265 e. The predicted molar refractivity (Wildman–Crippen MR) is 108 cm³/mol. The summed E-state index contributed by atoms with van der Waals surface area (Å²) >= 11 is 5.94. The summed E-state index contributed by atoms with van der Waals surface area (Å²) in [6, 6.07) is 18.6. The van der Waals surface area contributed by atoms with Crippen molar-refractivity contribution in [2.45, 2.75) is 4.90 Å². The van der Waals surface area contributed by atoms with Gasteiger partial charge in [0.25, 0.3) is 10.0 Å². The molecule has 0 aliphatic rings. The Morgan fingerprint density at radius 2 is 1.79 bits per heavy atom. The monoisotopic (exact) mass is 414 g/mol. The maximum Gasteiger partial charge on any atom is 0.265 e. The van der Waals surface area contributed by atoms with E-state index in [-0.39, 0.29) is 10.6 Å². The zero-order valence-electron chi connectivity index (χ0n) is 14.7. The Labute approximate surface area is 166 Å². The van der Waals surface area contributed by atoms with Crippen LogP contribution in [0.3, 0.4) is 0 Å². The number of sulfonamides is 1. The molecule has 1 aromatic heterocycles. The van der Waals surface area contributed by atoms with Gasteiger partial charge in [0.1, 0.15) is 16.2 Å². The second-order valence-electron chi connectivity index (χ2n) is 5.96. The summed E-state index contributed by atoms with van der Waals surface area (Å²) in [5, 5.41) is 0.299. The lowest BCUT2D eigenvalue weighted by Crippen LogP contribution is -2.14. The molecular formula is C20H15ClN2O4S. The Morgan fingerprint density at radius 3 is 2.50 bits per heavy atom. The third kappa shape index (κ3) is 3.54. The molecule has 0 unspecified atom stereocenters. The average molecular weight is 415 g/mol. The molecule has 142 valence electrons. The van der Waals surface area contributed by atoms with Crippen LogP contribution < -0.4 is 9.46 Å². The number of fused-ring (bicyclic) bond motifs is 1. The molecule has 0 radical (unpaired) electrons. The lowest BCUT2D eigenvalue weighted by molar-refractivity contribution is 0.403. The number of hydrogen-bond donors (Lipinski definition) is 1. The third-order valence-electron chi connectivity index (χ3n) is 4.09. The fourth-order valence-corrected chi connectivity index (χ4v) is 4.24. The Balaban J connectivity index is 1.61. The Morgan fingerprint density at radius 1 is 1.04 bits per heavy atom. The van der Waals surface area contributed by atoms with Crippen LogP contribution in [0.4, 0.5) is 5.69 Å². The average Bonchev–Trinajstić information content (AvgIpc) is 3.12. The predicted octanol–water partition coefficient (Wildman–Crippen LogP) is 4.96. The number of anilines is 1. The highest BCUT2D eigenvalue weighted by atomic mass is 35.5. The number of halogens is 1. The van der Waals surface area contributed by atoms with Gasteiger partial charge in [-0.15, -0.1) is 0 Å². The number of para-hydroxylation sites is 2. The highest BCUT2D eigenvalue weighted by Gasteiger charge is 2.20. The number of rotatable bonds is 5. The van der Waals surface area contributed by atoms with Crippen molar-refractivity contribution in [3.05, 3.63) is 71.8 Å². The van der Waals surface area contributed by atoms with E-state index in [0.29, 0.717) is 22.2 Å². The molecule has 0 spiro atoms. The zero-order chi connectivity index (χ0) is 19.7. The van der Waals surface area contributed by atoms with E-state index in [4.69, 9.17) is 20.8 Å². The Kier molecular flexibility index (Phi) is 4.70. The van der Waals surface area contributed by atoms with E-state index in [2.05, 4.69) is 9.71 Å². The first kappa shape index (κ1) is 18.3. The van der Waals surface area contributed by atoms with Crippen molar-refractivity contribution in [3.8, 4) is 17.2 Å². The highest BCUT2D eigenvalue weighted by molar-refractivity contribution is 7.92. The molecule has 28 heavy (non-hydrogen) atoms. The lowest BCUT2D eigenvalue weighted by atomic mass is 10.2. The van der Waals surface area contributed by atoms with Crippen molar-refractivity contribution in [3.63, 3.8) is 0 Å². The van der Waals surface area contributed by atoms with Crippen LogP contribution in [-0.4, -0.2) is 20.5 Å². The van der Waals surface area contributed by atoms with Gasteiger partial charge in [0.15, 0.2) is 5.58 Å². The standard InChI is InChI=1S/C20H15ClN2O4S/c1-26-18-11-8-14(21)12-19(18)28(24,25)23-15-9-6-13(7-10-15)20-22-16-4-2-3-5-17(16)27-20/h2-12,23H,1H3. The zero-order valence-corrected chi connectivity index (χ0v) is 16.3. The van der Waals surface area contributed by atoms with E-state index in [1.165, 1.54) is 19.2 Å². The molecule has 0 fully saturated rings. The van der Waals surface area contributed by atoms with Crippen molar-refractivity contribution in [1.82, 2.24) is 4.98 Å². The van der Waals surface area contributed by atoms with Gasteiger partial charge in [-0.3, -0.25) is 4.72 Å². The van der Waals surface area contributed by atoms with Gasteiger partial charge >= 0.3 is 0 Å². The van der Waals surface area contributed by atoms with Crippen LogP contribution in [0.15, 0.2) is 76.0 Å². The minimum Gasteiger partial charge on any atom is -0.495 e. The highest BCUT2D eigenvalue weighted by Crippen LogP contribution is 2.30. The molecular weight excluding hydrogens is 400 g/mol. The minimum absolute atomic E-state index is 0.0365. The van der Waals surface area contributed by atoms with Gasteiger partial charge in [-0.1, -0.05) is 23.7 Å². The van der Waals surface area contributed by atoms with Crippen molar-refractivity contribution in [2.75, 3.05) is 11.8 Å². The molecule has 4 aromatic rings. The number of methoxy groups -OCH3 is 1. The maximum absolute atomic E-state index is 12.7. The molecule has 0 bridgehead atoms. The number of aromatic nitrogens is 1. The fraction of sp³-hybridized carbons (Fsp3) is 0.0500. The van der Waals surface area contributed by atoms with Crippen LogP contribution in [0.2, 0.25) is 5.02 Å². The summed E-state index contributed by atoms with van der Waals surface area (Å²) < 4.78 is 38.8. The molecule has 0 amide bonds. The first-order valence-electron chi connectivity index (χ1n) is 8.29. The molecule has 3 aromatic carbocycles. The molecule has 0 saturated heterocycles. The second kappa shape index (κ2) is 7.18. The number of hydrogen-bond acceptors (Lipinski definition) is 5. The molecule has 0 aliphatic carbocycles. The van der Waals surface area contributed by atoms with Crippen LogP contribution in [0, 0.1) is 0 Å². The van der Waals surface area contributed by atoms with Crippen molar-refractivity contribution in [2.24, 2.45) is 0 Å². The molecule has 4 rings (SSSR count). The summed E-state index contributed by atoms with van der Waals surface area (Å²) in [7, 11) is -2.47. The van der Waals surface area contributed by atoms with E-state index >= 15 is 0 Å². The summed E-state index contributed by atoms with van der Waals surface area (Å²) in [6.45, 7) is 0. The van der Waals surface area contributed by atoms with Gasteiger partial charge in [0.05, 0.1) is 7.11 Å². The number of nitrogens with zero attached hydrogens (tertiary/aromatic N) is 1. The first-order chi connectivity index (χ1) is 13.5. The van der Waals surface area contributed by atoms with Crippen molar-refractivity contribution in [1.29, 1.82) is 0 Å². The Bertz CT molecular complexity index is 1220. The SMILES string of the molecule is COc1ccc(Cl)cc1S(=O)(=O)Nc1ccc(-c2nc3ccccc3o2)cc1. The summed E-state index contributed by atoms with van der Waals surface area (Å²) in [5.41, 5.74) is 2.58. The summed E-state index contributed by atoms with van der Waals surface area (Å²) in [4.78, 5) is 4.39. The van der Waals surface area contributed by atoms with Gasteiger partial charge in [-0.25, -0.2) is 13.4 Å². The molecule has 0 aliphatic heterocycles. The third-order valence-corrected chi connectivity index (χ3v) is 5.73. The van der Waals surface area contributed by atoms with Crippen LogP contribution in [0.5, 0.6) is 5.75 Å². The maximum atomic E-state index is 12.7. The normalized spacial score (nSPS) is 11.5. The van der Waals surface area contributed by atoms with E-state index in [1.54, 1.807) is 30.3 Å². The van der Waals surface area contributed by atoms with Crippen LogP contribution >= 0.6 is 11.6 Å². The van der Waals surface area contributed by atoms with Gasteiger partial charge in [-0.05, 0) is 54.6 Å². The molecule has 0 atom stereocenters. The van der Waals surface area contributed by atoms with E-state index in [1.807, 2.05) is 24.3 Å².